The number of rotatable bonds is 4. The number of anilines is 1. The summed E-state index contributed by atoms with van der Waals surface area (Å²) in [6.07, 6.45) is 0. The zero-order valence-corrected chi connectivity index (χ0v) is 16.3. The van der Waals surface area contributed by atoms with Gasteiger partial charge in [0, 0.05) is 27.4 Å². The van der Waals surface area contributed by atoms with E-state index in [0.717, 1.165) is 22.4 Å². The zero-order valence-electron chi connectivity index (χ0n) is 14.8. The van der Waals surface area contributed by atoms with Gasteiger partial charge in [-0.2, -0.15) is 5.10 Å². The van der Waals surface area contributed by atoms with Gasteiger partial charge < -0.3 is 5.32 Å². The van der Waals surface area contributed by atoms with E-state index in [4.69, 9.17) is 23.2 Å². The summed E-state index contributed by atoms with van der Waals surface area (Å²) in [5.74, 6) is 0.346. The second kappa shape index (κ2) is 7.52. The number of hydrogen-bond donors (Lipinski definition) is 1. The maximum absolute atomic E-state index is 12.6. The van der Waals surface area contributed by atoms with Crippen LogP contribution in [0.5, 0.6) is 0 Å². The maximum atomic E-state index is 12.6. The first-order chi connectivity index (χ1) is 12.3. The van der Waals surface area contributed by atoms with E-state index in [1.807, 2.05) is 51.1 Å². The highest BCUT2D eigenvalue weighted by Crippen LogP contribution is 2.23. The number of hydrogen-bond acceptors (Lipinski definition) is 2. The van der Waals surface area contributed by atoms with E-state index in [1.54, 1.807) is 16.8 Å². The minimum atomic E-state index is -0.166. The SMILES string of the molecule is Cc1ccc(C)c(C(=O)Nc2cc(C)n(Cc3ccc(Cl)cc3Cl)n2)c1. The fourth-order valence-corrected chi connectivity index (χ4v) is 3.17. The van der Waals surface area contributed by atoms with Crippen LogP contribution in [0.25, 0.3) is 0 Å². The molecule has 2 aromatic carbocycles. The fraction of sp³-hybridized carbons (Fsp3) is 0.200. The molecule has 0 aliphatic carbocycles. The fourth-order valence-electron chi connectivity index (χ4n) is 2.71. The molecular weight excluding hydrogens is 369 g/mol. The molecule has 3 aromatic rings. The highest BCUT2D eigenvalue weighted by Gasteiger charge is 2.13. The van der Waals surface area contributed by atoms with E-state index in [0.29, 0.717) is 28.0 Å². The molecule has 0 bridgehead atoms. The Hall–Kier alpha value is -2.30. The lowest BCUT2D eigenvalue weighted by atomic mass is 10.1. The second-order valence-electron chi connectivity index (χ2n) is 6.34. The summed E-state index contributed by atoms with van der Waals surface area (Å²) in [5, 5.41) is 8.54. The van der Waals surface area contributed by atoms with Crippen molar-refractivity contribution in [2.75, 3.05) is 5.32 Å². The van der Waals surface area contributed by atoms with Crippen LogP contribution in [0.4, 0.5) is 5.82 Å². The molecule has 0 atom stereocenters. The van der Waals surface area contributed by atoms with Crippen LogP contribution in [-0.4, -0.2) is 15.7 Å². The van der Waals surface area contributed by atoms with Gasteiger partial charge >= 0.3 is 0 Å². The number of carbonyl (C=O) groups is 1. The molecule has 1 N–H and O–H groups in total. The topological polar surface area (TPSA) is 46.9 Å². The van der Waals surface area contributed by atoms with Crippen molar-refractivity contribution in [3.05, 3.63) is 80.5 Å². The van der Waals surface area contributed by atoms with Crippen LogP contribution in [0, 0.1) is 20.8 Å². The molecule has 0 unspecified atom stereocenters. The summed E-state index contributed by atoms with van der Waals surface area (Å²) < 4.78 is 1.80. The summed E-state index contributed by atoms with van der Waals surface area (Å²) in [7, 11) is 0. The summed E-state index contributed by atoms with van der Waals surface area (Å²) >= 11 is 12.2. The normalized spacial score (nSPS) is 10.8. The molecule has 1 amide bonds. The Morgan fingerprint density at radius 1 is 1.08 bits per heavy atom. The molecule has 1 aromatic heterocycles. The van der Waals surface area contributed by atoms with Crippen LogP contribution >= 0.6 is 23.2 Å². The monoisotopic (exact) mass is 387 g/mol. The van der Waals surface area contributed by atoms with Gasteiger partial charge in [0.25, 0.3) is 5.91 Å². The molecule has 0 radical (unpaired) electrons. The van der Waals surface area contributed by atoms with Crippen LogP contribution in [0.3, 0.4) is 0 Å². The number of halogens is 2. The molecule has 0 saturated heterocycles. The molecule has 6 heteroatoms. The van der Waals surface area contributed by atoms with E-state index >= 15 is 0 Å². The molecule has 1 heterocycles. The van der Waals surface area contributed by atoms with Gasteiger partial charge in [0.1, 0.15) is 0 Å². The highest BCUT2D eigenvalue weighted by molar-refractivity contribution is 6.35. The number of nitrogens with zero attached hydrogens (tertiary/aromatic N) is 2. The number of aromatic nitrogens is 2. The van der Waals surface area contributed by atoms with Gasteiger partial charge in [-0.25, -0.2) is 0 Å². The quantitative estimate of drug-likeness (QED) is 0.649. The van der Waals surface area contributed by atoms with E-state index < -0.39 is 0 Å². The van der Waals surface area contributed by atoms with Crippen molar-refractivity contribution in [3.63, 3.8) is 0 Å². The molecule has 3 rings (SSSR count). The summed E-state index contributed by atoms with van der Waals surface area (Å²) in [6.45, 7) is 6.32. The third-order valence-corrected chi connectivity index (χ3v) is 4.78. The first-order valence-corrected chi connectivity index (χ1v) is 8.96. The lowest BCUT2D eigenvalue weighted by Gasteiger charge is -2.08. The van der Waals surface area contributed by atoms with E-state index in [9.17, 15) is 4.79 Å². The average molecular weight is 388 g/mol. The van der Waals surface area contributed by atoms with Crippen molar-refractivity contribution in [2.24, 2.45) is 0 Å². The van der Waals surface area contributed by atoms with Gasteiger partial charge in [0.2, 0.25) is 0 Å². The summed E-state index contributed by atoms with van der Waals surface area (Å²) in [5.41, 5.74) is 4.46. The lowest BCUT2D eigenvalue weighted by Crippen LogP contribution is -2.14. The molecule has 0 fully saturated rings. The smallest absolute Gasteiger partial charge is 0.257 e. The van der Waals surface area contributed by atoms with Crippen molar-refractivity contribution in [2.45, 2.75) is 27.3 Å². The largest absolute Gasteiger partial charge is 0.305 e. The first kappa shape index (κ1) is 18.5. The lowest BCUT2D eigenvalue weighted by molar-refractivity contribution is 0.102. The minimum absolute atomic E-state index is 0.166. The zero-order chi connectivity index (χ0) is 18.8. The van der Waals surface area contributed by atoms with Crippen molar-refractivity contribution in [1.82, 2.24) is 9.78 Å². The third kappa shape index (κ3) is 4.09. The van der Waals surface area contributed by atoms with Crippen LogP contribution in [0.2, 0.25) is 10.0 Å². The number of nitrogens with one attached hydrogen (secondary N) is 1. The predicted octanol–water partition coefficient (Wildman–Crippen LogP) is 5.42. The van der Waals surface area contributed by atoms with Gasteiger partial charge in [0.15, 0.2) is 5.82 Å². The Kier molecular flexibility index (Phi) is 5.35. The Morgan fingerprint density at radius 3 is 2.58 bits per heavy atom. The van der Waals surface area contributed by atoms with Crippen LogP contribution in [0.1, 0.15) is 32.7 Å². The predicted molar refractivity (Wildman–Crippen MR) is 106 cm³/mol. The molecule has 4 nitrogen and oxygen atoms in total. The van der Waals surface area contributed by atoms with E-state index in [-0.39, 0.29) is 5.91 Å². The number of aryl methyl sites for hydroxylation is 3. The first-order valence-electron chi connectivity index (χ1n) is 8.20. The van der Waals surface area contributed by atoms with Crippen LogP contribution < -0.4 is 5.32 Å². The van der Waals surface area contributed by atoms with Gasteiger partial charge in [-0.1, -0.05) is 47.0 Å². The third-order valence-electron chi connectivity index (χ3n) is 4.20. The second-order valence-corrected chi connectivity index (χ2v) is 7.18. The van der Waals surface area contributed by atoms with Crippen LogP contribution in [0.15, 0.2) is 42.5 Å². The molecule has 0 aliphatic rings. The van der Waals surface area contributed by atoms with Crippen molar-refractivity contribution >= 4 is 34.9 Å². The van der Waals surface area contributed by atoms with Crippen LogP contribution in [-0.2, 0) is 6.54 Å². The minimum Gasteiger partial charge on any atom is -0.305 e. The van der Waals surface area contributed by atoms with Gasteiger partial charge in [-0.15, -0.1) is 0 Å². The van der Waals surface area contributed by atoms with E-state index in [2.05, 4.69) is 10.4 Å². The number of amides is 1. The molecular formula is C20H19Cl2N3O. The van der Waals surface area contributed by atoms with Gasteiger partial charge in [0.05, 0.1) is 6.54 Å². The Bertz CT molecular complexity index is 979. The summed E-state index contributed by atoms with van der Waals surface area (Å²) in [4.78, 5) is 12.6. The van der Waals surface area contributed by atoms with Gasteiger partial charge in [-0.05, 0) is 50.1 Å². The number of benzene rings is 2. The summed E-state index contributed by atoms with van der Waals surface area (Å²) in [6, 6.07) is 13.0. The Labute approximate surface area is 162 Å². The van der Waals surface area contributed by atoms with Crippen molar-refractivity contribution in [3.8, 4) is 0 Å². The standard InChI is InChI=1S/C20H19Cl2N3O/c1-12-4-5-13(2)17(8-12)20(26)23-19-9-14(3)25(24-19)11-15-6-7-16(21)10-18(15)22/h4-10H,11H2,1-3H3,(H,23,24,26). The van der Waals surface area contributed by atoms with Crippen molar-refractivity contribution < 1.29 is 4.79 Å². The Morgan fingerprint density at radius 2 is 1.85 bits per heavy atom. The Balaban J connectivity index is 1.79. The maximum Gasteiger partial charge on any atom is 0.257 e. The van der Waals surface area contributed by atoms with Crippen molar-refractivity contribution in [1.29, 1.82) is 0 Å². The highest BCUT2D eigenvalue weighted by atomic mass is 35.5. The van der Waals surface area contributed by atoms with Gasteiger partial charge in [-0.3, -0.25) is 9.48 Å². The van der Waals surface area contributed by atoms with E-state index in [1.165, 1.54) is 0 Å². The number of carbonyl (C=O) groups excluding carboxylic acids is 1. The molecule has 134 valence electrons. The molecule has 26 heavy (non-hydrogen) atoms. The molecule has 0 spiro atoms. The molecule has 0 saturated carbocycles. The molecule has 0 aliphatic heterocycles. The average Bonchev–Trinajstić information content (AvgIpc) is 2.91.